The molecule has 0 saturated heterocycles. The van der Waals surface area contributed by atoms with Crippen molar-refractivity contribution in [1.29, 1.82) is 0 Å². The Morgan fingerprint density at radius 3 is 2.68 bits per heavy atom. The van der Waals surface area contributed by atoms with E-state index in [0.717, 1.165) is 18.8 Å². The molecule has 19 heavy (non-hydrogen) atoms. The van der Waals surface area contributed by atoms with Gasteiger partial charge in [0.05, 0.1) is 5.69 Å². The minimum atomic E-state index is 0.324. The summed E-state index contributed by atoms with van der Waals surface area (Å²) in [7, 11) is 2.01. The quantitative estimate of drug-likeness (QED) is 0.841. The van der Waals surface area contributed by atoms with Crippen LogP contribution in [0.2, 0.25) is 0 Å². The summed E-state index contributed by atoms with van der Waals surface area (Å²) in [5, 5.41) is 0. The number of likely N-dealkylation sites (N-methyl/N-ethyl adjacent to an activating group) is 1. The van der Waals surface area contributed by atoms with E-state index in [0.29, 0.717) is 10.7 Å². The molecular formula is C14H16N4S. The number of aromatic nitrogens is 2. The first-order chi connectivity index (χ1) is 9.16. The summed E-state index contributed by atoms with van der Waals surface area (Å²) in [5.74, 6) is 0.874. The van der Waals surface area contributed by atoms with E-state index in [-0.39, 0.29) is 0 Å². The number of rotatable bonds is 5. The van der Waals surface area contributed by atoms with Crippen LogP contribution in [0.3, 0.4) is 0 Å². The van der Waals surface area contributed by atoms with E-state index in [2.05, 4.69) is 14.9 Å². The largest absolute Gasteiger partial charge is 0.388 e. The van der Waals surface area contributed by atoms with E-state index in [4.69, 9.17) is 18.0 Å². The summed E-state index contributed by atoms with van der Waals surface area (Å²) in [6.45, 7) is 0.873. The molecule has 0 radical (unpaired) electrons. The fourth-order valence-corrected chi connectivity index (χ4v) is 1.85. The molecule has 0 aliphatic heterocycles. The van der Waals surface area contributed by atoms with Crippen LogP contribution in [0.25, 0.3) is 0 Å². The van der Waals surface area contributed by atoms with Crippen LogP contribution >= 0.6 is 12.2 Å². The van der Waals surface area contributed by atoms with Gasteiger partial charge in [-0.2, -0.15) is 0 Å². The maximum atomic E-state index is 5.59. The highest BCUT2D eigenvalue weighted by Crippen LogP contribution is 2.10. The lowest BCUT2D eigenvalue weighted by atomic mass is 10.2. The maximum absolute atomic E-state index is 5.59. The molecule has 2 N–H and O–H groups in total. The minimum absolute atomic E-state index is 0.324. The molecule has 0 atom stereocenters. The molecule has 0 spiro atoms. The predicted molar refractivity (Wildman–Crippen MR) is 81.3 cm³/mol. The highest BCUT2D eigenvalue weighted by molar-refractivity contribution is 7.80. The summed E-state index contributed by atoms with van der Waals surface area (Å²) >= 11 is 4.94. The van der Waals surface area contributed by atoms with Crippen molar-refractivity contribution in [3.63, 3.8) is 0 Å². The van der Waals surface area contributed by atoms with Crippen LogP contribution in [0.1, 0.15) is 11.3 Å². The number of nitrogens with two attached hydrogens (primary N) is 1. The Morgan fingerprint density at radius 1 is 1.26 bits per heavy atom. The highest BCUT2D eigenvalue weighted by atomic mass is 32.1. The predicted octanol–water partition coefficient (Wildman–Crippen LogP) is 1.79. The monoisotopic (exact) mass is 272 g/mol. The fourth-order valence-electron chi connectivity index (χ4n) is 1.73. The molecule has 2 rings (SSSR count). The van der Waals surface area contributed by atoms with Crippen LogP contribution < -0.4 is 10.6 Å². The van der Waals surface area contributed by atoms with Gasteiger partial charge in [-0.1, -0.05) is 18.3 Å². The molecule has 2 heterocycles. The van der Waals surface area contributed by atoms with E-state index in [1.54, 1.807) is 12.4 Å². The highest BCUT2D eigenvalue weighted by Gasteiger charge is 2.05. The number of hydrogen-bond acceptors (Lipinski definition) is 4. The van der Waals surface area contributed by atoms with Gasteiger partial charge in [0.15, 0.2) is 0 Å². The van der Waals surface area contributed by atoms with Crippen molar-refractivity contribution in [2.75, 3.05) is 18.5 Å². The molecule has 0 saturated carbocycles. The van der Waals surface area contributed by atoms with Gasteiger partial charge in [-0.15, -0.1) is 0 Å². The average molecular weight is 272 g/mol. The molecular weight excluding hydrogens is 256 g/mol. The third kappa shape index (κ3) is 3.72. The molecule has 0 bridgehead atoms. The van der Waals surface area contributed by atoms with E-state index in [1.807, 2.05) is 37.4 Å². The molecule has 0 aliphatic rings. The van der Waals surface area contributed by atoms with Crippen LogP contribution in [0.5, 0.6) is 0 Å². The second-order valence-corrected chi connectivity index (χ2v) is 4.71. The summed E-state index contributed by atoms with van der Waals surface area (Å²) in [5.41, 5.74) is 7.50. The van der Waals surface area contributed by atoms with Gasteiger partial charge in [0.2, 0.25) is 0 Å². The van der Waals surface area contributed by atoms with Gasteiger partial charge in [-0.3, -0.25) is 4.98 Å². The molecule has 98 valence electrons. The van der Waals surface area contributed by atoms with Crippen molar-refractivity contribution in [1.82, 2.24) is 9.97 Å². The van der Waals surface area contributed by atoms with Crippen LogP contribution in [0, 0.1) is 0 Å². The van der Waals surface area contributed by atoms with Crippen molar-refractivity contribution < 1.29 is 0 Å². The Morgan fingerprint density at radius 2 is 2.00 bits per heavy atom. The third-order valence-electron chi connectivity index (χ3n) is 2.86. The minimum Gasteiger partial charge on any atom is -0.388 e. The lowest BCUT2D eigenvalue weighted by Crippen LogP contribution is -2.22. The van der Waals surface area contributed by atoms with E-state index < -0.39 is 0 Å². The second kappa shape index (κ2) is 6.24. The summed E-state index contributed by atoms with van der Waals surface area (Å²) < 4.78 is 0. The standard InChI is InChI=1S/C14H16N4S/c1-18(10-7-11-5-8-16-9-6-11)13-4-2-3-12(17-13)14(15)19/h2-6,8-9H,7,10H2,1H3,(H2,15,19). The molecule has 0 unspecified atom stereocenters. The average Bonchev–Trinajstić information content (AvgIpc) is 2.46. The van der Waals surface area contributed by atoms with Gasteiger partial charge in [-0.05, 0) is 36.2 Å². The van der Waals surface area contributed by atoms with E-state index in [9.17, 15) is 0 Å². The lowest BCUT2D eigenvalue weighted by Gasteiger charge is -2.18. The van der Waals surface area contributed by atoms with Gasteiger partial charge in [0, 0.05) is 26.0 Å². The van der Waals surface area contributed by atoms with Gasteiger partial charge < -0.3 is 10.6 Å². The number of hydrogen-bond donors (Lipinski definition) is 1. The normalized spacial score (nSPS) is 10.2. The van der Waals surface area contributed by atoms with Crippen molar-refractivity contribution in [2.45, 2.75) is 6.42 Å². The summed E-state index contributed by atoms with van der Waals surface area (Å²) in [4.78, 5) is 10.8. The zero-order chi connectivity index (χ0) is 13.7. The van der Waals surface area contributed by atoms with Crippen molar-refractivity contribution in [3.8, 4) is 0 Å². The fraction of sp³-hybridized carbons (Fsp3) is 0.214. The Bertz CT molecular complexity index is 556. The molecule has 2 aromatic heterocycles. The molecule has 0 fully saturated rings. The molecule has 0 aromatic carbocycles. The van der Waals surface area contributed by atoms with Crippen LogP contribution in [-0.4, -0.2) is 28.5 Å². The maximum Gasteiger partial charge on any atom is 0.129 e. The molecule has 0 amide bonds. The summed E-state index contributed by atoms with van der Waals surface area (Å²) in [6, 6.07) is 9.73. The van der Waals surface area contributed by atoms with Crippen LogP contribution in [0.15, 0.2) is 42.7 Å². The first-order valence-corrected chi connectivity index (χ1v) is 6.44. The number of nitrogens with zero attached hydrogens (tertiary/aromatic N) is 3. The van der Waals surface area contributed by atoms with Crippen molar-refractivity contribution in [3.05, 3.63) is 54.0 Å². The van der Waals surface area contributed by atoms with Crippen molar-refractivity contribution in [2.24, 2.45) is 5.73 Å². The SMILES string of the molecule is CN(CCc1ccncc1)c1cccc(C(N)=S)n1. The Hall–Kier alpha value is -2.01. The molecule has 4 nitrogen and oxygen atoms in total. The van der Waals surface area contributed by atoms with Gasteiger partial charge in [-0.25, -0.2) is 4.98 Å². The van der Waals surface area contributed by atoms with Crippen LogP contribution in [0.4, 0.5) is 5.82 Å². The Labute approximate surface area is 118 Å². The lowest BCUT2D eigenvalue weighted by molar-refractivity contribution is 0.857. The van der Waals surface area contributed by atoms with E-state index >= 15 is 0 Å². The van der Waals surface area contributed by atoms with Gasteiger partial charge in [0.25, 0.3) is 0 Å². The zero-order valence-corrected chi connectivity index (χ0v) is 11.6. The smallest absolute Gasteiger partial charge is 0.129 e. The molecule has 0 aliphatic carbocycles. The topological polar surface area (TPSA) is 55.0 Å². The zero-order valence-electron chi connectivity index (χ0n) is 10.8. The Balaban J connectivity index is 2.02. The third-order valence-corrected chi connectivity index (χ3v) is 3.07. The van der Waals surface area contributed by atoms with Crippen molar-refractivity contribution >= 4 is 23.0 Å². The first-order valence-electron chi connectivity index (χ1n) is 6.04. The van der Waals surface area contributed by atoms with Gasteiger partial charge >= 0.3 is 0 Å². The molecule has 2 aromatic rings. The van der Waals surface area contributed by atoms with Crippen LogP contribution in [-0.2, 0) is 6.42 Å². The molecule has 5 heteroatoms. The number of anilines is 1. The number of thiocarbonyl (C=S) groups is 1. The number of pyridine rings is 2. The summed E-state index contributed by atoms with van der Waals surface area (Å²) in [6.07, 6.45) is 4.56. The van der Waals surface area contributed by atoms with Gasteiger partial charge in [0.1, 0.15) is 10.8 Å². The second-order valence-electron chi connectivity index (χ2n) is 4.27. The first kappa shape index (κ1) is 13.4. The van der Waals surface area contributed by atoms with E-state index in [1.165, 1.54) is 5.56 Å². The Kier molecular flexibility index (Phi) is 4.41.